The summed E-state index contributed by atoms with van der Waals surface area (Å²) in [5.74, 6) is -0.0399. The van der Waals surface area contributed by atoms with Crippen LogP contribution in [-0.4, -0.2) is 22.5 Å². The molecule has 0 aliphatic carbocycles. The van der Waals surface area contributed by atoms with E-state index in [1.54, 1.807) is 24.3 Å². The van der Waals surface area contributed by atoms with Crippen LogP contribution < -0.4 is 10.7 Å². The van der Waals surface area contributed by atoms with Gasteiger partial charge in [0.15, 0.2) is 5.17 Å². The van der Waals surface area contributed by atoms with Crippen LogP contribution in [0.1, 0.15) is 17.5 Å². The van der Waals surface area contributed by atoms with Crippen molar-refractivity contribution in [2.75, 3.05) is 11.1 Å². The zero-order valence-corrected chi connectivity index (χ0v) is 16.2. The highest BCUT2D eigenvalue weighted by Gasteiger charge is 2.22. The first kappa shape index (κ1) is 18.3. The van der Waals surface area contributed by atoms with Gasteiger partial charge in [0.25, 0.3) is 0 Å². The van der Waals surface area contributed by atoms with Crippen molar-refractivity contribution in [1.82, 2.24) is 5.43 Å². The minimum Gasteiger partial charge on any atom is -0.326 e. The predicted molar refractivity (Wildman–Crippen MR) is 109 cm³/mol. The number of anilines is 1. The minimum atomic E-state index is -0.415. The Morgan fingerprint density at radius 1 is 1.15 bits per heavy atom. The van der Waals surface area contributed by atoms with E-state index in [2.05, 4.69) is 20.8 Å². The van der Waals surface area contributed by atoms with Crippen molar-refractivity contribution in [3.8, 4) is 0 Å². The second-order valence-electron chi connectivity index (χ2n) is 6.01. The first-order chi connectivity index (χ1) is 13.0. The molecular weight excluding hydrogens is 410 g/mol. The Morgan fingerprint density at radius 3 is 2.74 bits per heavy atom. The van der Waals surface area contributed by atoms with E-state index >= 15 is 0 Å². The highest BCUT2D eigenvalue weighted by Crippen LogP contribution is 2.29. The molecule has 0 radical (unpaired) electrons. The molecule has 0 saturated carbocycles. The van der Waals surface area contributed by atoms with E-state index in [9.17, 15) is 9.18 Å². The fourth-order valence-electron chi connectivity index (χ4n) is 2.81. The van der Waals surface area contributed by atoms with Gasteiger partial charge in [0, 0.05) is 23.4 Å². The number of nitrogens with one attached hydrogen (secondary N) is 2. The molecule has 27 heavy (non-hydrogen) atoms. The Balaban J connectivity index is 1.56. The molecule has 2 aromatic rings. The minimum absolute atomic E-state index is 0.0926. The number of carbonyl (C=O) groups excluding carboxylic acids is 1. The summed E-state index contributed by atoms with van der Waals surface area (Å²) in [5, 5.41) is 8.44. The van der Waals surface area contributed by atoms with Crippen LogP contribution in [0.3, 0.4) is 0 Å². The summed E-state index contributed by atoms with van der Waals surface area (Å²) in [6, 6.07) is 8.20. The molecular formula is C18H13Cl2FN4OS. The van der Waals surface area contributed by atoms with Gasteiger partial charge in [0.1, 0.15) is 5.82 Å². The van der Waals surface area contributed by atoms with Crippen LogP contribution in [0.5, 0.6) is 0 Å². The van der Waals surface area contributed by atoms with Crippen LogP contribution in [0.15, 0.2) is 40.4 Å². The zero-order valence-electron chi connectivity index (χ0n) is 13.9. The van der Waals surface area contributed by atoms with Crippen LogP contribution in [0.25, 0.3) is 0 Å². The highest BCUT2D eigenvalue weighted by molar-refractivity contribution is 8.14. The van der Waals surface area contributed by atoms with Crippen LogP contribution in [-0.2, 0) is 11.2 Å². The smallest absolute Gasteiger partial charge is 0.224 e. The standard InChI is InChI=1S/C18H13Cl2FN4OS/c19-12-3-2-10(6-13(12)20)22-18-25-24-16(8-27-18)11-5-9-1-4-17(26)23-15(9)7-14(11)21/h2-3,5-7H,1,4,8H2,(H,22,25)(H,23,26). The molecule has 2 N–H and O–H groups in total. The summed E-state index contributed by atoms with van der Waals surface area (Å²) in [6.07, 6.45) is 0.990. The molecule has 0 saturated heterocycles. The molecule has 0 bridgehead atoms. The second-order valence-corrected chi connectivity index (χ2v) is 7.79. The quantitative estimate of drug-likeness (QED) is 0.733. The number of fused-ring (bicyclic) bond motifs is 1. The largest absolute Gasteiger partial charge is 0.326 e. The van der Waals surface area contributed by atoms with Crippen molar-refractivity contribution in [3.05, 3.63) is 57.3 Å². The molecule has 2 aromatic carbocycles. The lowest BCUT2D eigenvalue weighted by molar-refractivity contribution is -0.116. The van der Waals surface area contributed by atoms with E-state index in [0.29, 0.717) is 56.5 Å². The van der Waals surface area contributed by atoms with Gasteiger partial charge in [0.05, 0.1) is 21.4 Å². The topological polar surface area (TPSA) is 65.8 Å². The molecule has 0 aromatic heterocycles. The number of rotatable bonds is 2. The Morgan fingerprint density at radius 2 is 2.00 bits per heavy atom. The third-order valence-corrected chi connectivity index (χ3v) is 5.78. The highest BCUT2D eigenvalue weighted by atomic mass is 35.5. The Bertz CT molecular complexity index is 1010. The van der Waals surface area contributed by atoms with Crippen molar-refractivity contribution in [3.63, 3.8) is 0 Å². The first-order valence-electron chi connectivity index (χ1n) is 8.11. The normalized spacial score (nSPS) is 17.8. The van der Waals surface area contributed by atoms with E-state index in [-0.39, 0.29) is 5.91 Å². The zero-order chi connectivity index (χ0) is 19.0. The molecule has 2 heterocycles. The maximum Gasteiger partial charge on any atom is 0.224 e. The van der Waals surface area contributed by atoms with Gasteiger partial charge in [-0.15, -0.1) is 0 Å². The average molecular weight is 423 g/mol. The third-order valence-electron chi connectivity index (χ3n) is 4.17. The Hall–Kier alpha value is -2.09. The SMILES string of the molecule is O=C1CCc2cc(C3=NNC(=Nc4ccc(Cl)c(Cl)c4)SC3)c(F)cc2N1. The lowest BCUT2D eigenvalue weighted by Gasteiger charge is -2.20. The summed E-state index contributed by atoms with van der Waals surface area (Å²) in [4.78, 5) is 15.9. The van der Waals surface area contributed by atoms with Crippen LogP contribution in [0.2, 0.25) is 10.0 Å². The number of hydrogen-bond acceptors (Lipinski definition) is 4. The van der Waals surface area contributed by atoms with Gasteiger partial charge in [-0.1, -0.05) is 35.0 Å². The van der Waals surface area contributed by atoms with Gasteiger partial charge in [-0.3, -0.25) is 10.2 Å². The van der Waals surface area contributed by atoms with Gasteiger partial charge >= 0.3 is 0 Å². The number of halogens is 3. The Labute approximate surface area is 169 Å². The summed E-state index contributed by atoms with van der Waals surface area (Å²) in [6.45, 7) is 0. The Kier molecular flexibility index (Phi) is 5.08. The van der Waals surface area contributed by atoms with Crippen LogP contribution in [0.4, 0.5) is 15.8 Å². The fourth-order valence-corrected chi connectivity index (χ4v) is 3.87. The summed E-state index contributed by atoms with van der Waals surface area (Å²) >= 11 is 13.3. The maximum absolute atomic E-state index is 14.5. The predicted octanol–water partition coefficient (Wildman–Crippen LogP) is 4.75. The van der Waals surface area contributed by atoms with Gasteiger partial charge < -0.3 is 5.32 Å². The monoisotopic (exact) mass is 422 g/mol. The number of amidine groups is 1. The lowest BCUT2D eigenvalue weighted by Crippen LogP contribution is -2.26. The van der Waals surface area contributed by atoms with Crippen molar-refractivity contribution in [2.45, 2.75) is 12.8 Å². The number of aliphatic imine (C=N–C) groups is 1. The maximum atomic E-state index is 14.5. The van der Waals surface area contributed by atoms with E-state index in [1.165, 1.54) is 17.8 Å². The van der Waals surface area contributed by atoms with E-state index < -0.39 is 5.82 Å². The summed E-state index contributed by atoms with van der Waals surface area (Å²) in [5.41, 5.74) is 5.96. The first-order valence-corrected chi connectivity index (χ1v) is 9.85. The number of benzene rings is 2. The molecule has 4 rings (SSSR count). The summed E-state index contributed by atoms with van der Waals surface area (Å²) < 4.78 is 14.5. The van der Waals surface area contributed by atoms with Crippen molar-refractivity contribution >= 4 is 63.1 Å². The average Bonchev–Trinajstić information content (AvgIpc) is 2.65. The molecule has 0 unspecified atom stereocenters. The molecule has 2 aliphatic rings. The number of aryl methyl sites for hydroxylation is 1. The molecule has 2 aliphatic heterocycles. The number of carbonyl (C=O) groups is 1. The number of thioether (sulfide) groups is 1. The van der Waals surface area contributed by atoms with Gasteiger partial charge in [-0.05, 0) is 42.3 Å². The molecule has 0 spiro atoms. The molecule has 9 heteroatoms. The van der Waals surface area contributed by atoms with Crippen molar-refractivity contribution < 1.29 is 9.18 Å². The number of nitrogens with zero attached hydrogens (tertiary/aromatic N) is 2. The number of amides is 1. The lowest BCUT2D eigenvalue weighted by atomic mass is 9.98. The van der Waals surface area contributed by atoms with Crippen LogP contribution in [0, 0.1) is 5.82 Å². The van der Waals surface area contributed by atoms with Crippen LogP contribution >= 0.6 is 35.0 Å². The molecule has 5 nitrogen and oxygen atoms in total. The fraction of sp³-hybridized carbons (Fsp3) is 0.167. The van der Waals surface area contributed by atoms with Crippen molar-refractivity contribution in [2.24, 2.45) is 10.1 Å². The molecule has 0 fully saturated rings. The number of hydrazone groups is 1. The van der Waals surface area contributed by atoms with Gasteiger partial charge in [-0.2, -0.15) is 5.10 Å². The van der Waals surface area contributed by atoms with Crippen molar-refractivity contribution in [1.29, 1.82) is 0 Å². The van der Waals surface area contributed by atoms with Gasteiger partial charge in [-0.25, -0.2) is 9.38 Å². The molecule has 1 amide bonds. The van der Waals surface area contributed by atoms with Gasteiger partial charge in [0.2, 0.25) is 5.91 Å². The van der Waals surface area contributed by atoms with E-state index in [4.69, 9.17) is 23.2 Å². The third kappa shape index (κ3) is 3.95. The second kappa shape index (κ2) is 7.50. The van der Waals surface area contributed by atoms with E-state index in [1.807, 2.05) is 0 Å². The number of hydrogen-bond donors (Lipinski definition) is 2. The molecule has 0 atom stereocenters. The molecule has 138 valence electrons. The summed E-state index contributed by atoms with van der Waals surface area (Å²) in [7, 11) is 0. The van der Waals surface area contributed by atoms with E-state index in [0.717, 1.165) is 5.56 Å².